The van der Waals surface area contributed by atoms with Crippen LogP contribution in [0.5, 0.6) is 0 Å². The molecule has 0 spiro atoms. The van der Waals surface area contributed by atoms with E-state index in [1.54, 1.807) is 0 Å². The lowest BCUT2D eigenvalue weighted by Gasteiger charge is -1.94. The molecule has 0 aliphatic carbocycles. The number of hydrogen-bond donors (Lipinski definition) is 1. The number of halogens is 2. The van der Waals surface area contributed by atoms with Gasteiger partial charge in [-0.15, -0.1) is 0 Å². The topological polar surface area (TPSA) is 66.7 Å². The predicted molar refractivity (Wildman–Crippen MR) is 48.7 cm³/mol. The lowest BCUT2D eigenvalue weighted by molar-refractivity contribution is 0.579. The van der Waals surface area contributed by atoms with Crippen LogP contribution in [0.2, 0.25) is 0 Å². The van der Waals surface area contributed by atoms with Crippen LogP contribution in [0.1, 0.15) is 0 Å². The Kier molecular flexibility index (Phi) is 3.81. The van der Waals surface area contributed by atoms with E-state index in [9.17, 15) is 12.6 Å². The van der Waals surface area contributed by atoms with Gasteiger partial charge in [-0.1, -0.05) is 0 Å². The van der Waals surface area contributed by atoms with E-state index in [2.05, 4.69) is 4.66 Å². The van der Waals surface area contributed by atoms with Crippen molar-refractivity contribution in [2.24, 2.45) is 4.66 Å². The normalized spacial score (nSPS) is 17.6. The Hall–Kier alpha value is 0.865. The van der Waals surface area contributed by atoms with Crippen LogP contribution in [-0.2, 0) is 9.69 Å². The van der Waals surface area contributed by atoms with Crippen LogP contribution in [-0.4, -0.2) is 26.3 Å². The van der Waals surface area contributed by atoms with Gasteiger partial charge in [0.05, 0.1) is 0 Å². The van der Waals surface area contributed by atoms with Crippen molar-refractivity contribution in [3.8, 4) is 0 Å². The second-order valence-corrected chi connectivity index (χ2v) is 8.64. The van der Waals surface area contributed by atoms with E-state index in [0.29, 0.717) is 0 Å². The fourth-order valence-corrected chi connectivity index (χ4v) is 2.69. The van der Waals surface area contributed by atoms with Gasteiger partial charge >= 0.3 is 6.69 Å². The van der Waals surface area contributed by atoms with E-state index >= 15 is 0 Å². The van der Waals surface area contributed by atoms with Crippen LogP contribution in [0.3, 0.4) is 0 Å². The zero-order valence-corrected chi connectivity index (χ0v) is 8.90. The Morgan fingerprint density at radius 2 is 2.20 bits per heavy atom. The molecule has 0 bridgehead atoms. The molecule has 0 heterocycles. The molecule has 0 aromatic heterocycles. The molecule has 0 aromatic rings. The fourth-order valence-electron chi connectivity index (χ4n) is 0.174. The van der Waals surface area contributed by atoms with Crippen molar-refractivity contribution < 1.29 is 17.5 Å². The van der Waals surface area contributed by atoms with Gasteiger partial charge in [0.25, 0.3) is 5.23 Å². The highest BCUT2D eigenvalue weighted by Crippen LogP contribution is 2.55. The van der Waals surface area contributed by atoms with Gasteiger partial charge in [-0.25, -0.2) is 8.42 Å². The fraction of sp³-hybridized carbons (Fsp3) is 1.00. The van der Waals surface area contributed by atoms with Crippen LogP contribution in [0.15, 0.2) is 4.66 Å². The van der Waals surface area contributed by atoms with Crippen molar-refractivity contribution in [3.05, 3.63) is 0 Å². The summed E-state index contributed by atoms with van der Waals surface area (Å²) in [7, 11) is -3.30. The van der Waals surface area contributed by atoms with E-state index in [-0.39, 0.29) is 0 Å². The van der Waals surface area contributed by atoms with Gasteiger partial charge in [-0.05, 0) is 0 Å². The predicted octanol–water partition coefficient (Wildman–Crippen LogP) is 0.641. The van der Waals surface area contributed by atoms with Crippen molar-refractivity contribution >= 4 is 43.7 Å². The zero-order valence-electron chi connectivity index (χ0n) is 5.03. The van der Waals surface area contributed by atoms with Crippen LogP contribution in [0.25, 0.3) is 0 Å². The quantitative estimate of drug-likeness (QED) is 0.462. The lowest BCUT2D eigenvalue weighted by atomic mass is 10.5. The smallest absolute Gasteiger partial charge is 0.330 e. The molecule has 10 heavy (non-hydrogen) atoms. The minimum Gasteiger partial charge on any atom is -0.330 e. The molecule has 0 rings (SSSR count). The summed E-state index contributed by atoms with van der Waals surface area (Å²) in [4.78, 5) is 8.38. The summed E-state index contributed by atoms with van der Waals surface area (Å²) < 4.78 is 35.7. The standard InChI is InChI=1S/CH5BFINO3PS/c1-10(7,8)2-5-9(3,4)6/h2,6H,1H3. The number of rotatable bonds is 2. The van der Waals surface area contributed by atoms with Crippen molar-refractivity contribution in [2.45, 2.75) is 0 Å². The summed E-state index contributed by atoms with van der Waals surface area (Å²) in [6.45, 7) is -0.656. The van der Waals surface area contributed by atoms with Gasteiger partial charge < -0.3 is 4.89 Å². The van der Waals surface area contributed by atoms with Crippen molar-refractivity contribution in [3.63, 3.8) is 0 Å². The highest BCUT2D eigenvalue weighted by molar-refractivity contribution is 14.2. The maximum absolute atomic E-state index is 12.1. The summed E-state index contributed by atoms with van der Waals surface area (Å²) in [6.07, 6.45) is 0.919. The molecule has 0 aliphatic rings. The number of nitrogens with zero attached hydrogens (tertiary/aromatic N) is 1. The van der Waals surface area contributed by atoms with Gasteiger partial charge in [-0.3, -0.25) is 4.66 Å². The Balaban J connectivity index is 4.27. The Labute approximate surface area is 72.0 Å². The molecule has 9 heteroatoms. The molecule has 0 aliphatic heterocycles. The molecule has 1 unspecified atom stereocenters. The first-order valence-electron chi connectivity index (χ1n) is 2.08. The van der Waals surface area contributed by atoms with E-state index in [0.717, 1.165) is 28.3 Å². The van der Waals surface area contributed by atoms with Crippen molar-refractivity contribution in [1.82, 2.24) is 0 Å². The summed E-state index contributed by atoms with van der Waals surface area (Å²) in [5.74, 6) is 0. The van der Waals surface area contributed by atoms with Crippen LogP contribution in [0, 0.1) is 0 Å². The van der Waals surface area contributed by atoms with Gasteiger partial charge in [0.15, 0.2) is 0 Å². The minimum atomic E-state index is -3.80. The second kappa shape index (κ2) is 3.51. The van der Waals surface area contributed by atoms with Crippen LogP contribution < -0.4 is 0 Å². The molecule has 60 valence electrons. The minimum absolute atomic E-state index is 0.656. The van der Waals surface area contributed by atoms with Gasteiger partial charge in [0.2, 0.25) is 0 Å². The molecule has 0 fully saturated rings. The largest absolute Gasteiger partial charge is 0.407 e. The summed E-state index contributed by atoms with van der Waals surface area (Å²) in [5.41, 5.74) is 0. The maximum atomic E-state index is 12.1. The molecular formula is CH5BFINO3PS. The first kappa shape index (κ1) is 10.9. The Morgan fingerprint density at radius 3 is 2.30 bits per heavy atom. The third-order valence-electron chi connectivity index (χ3n) is 0.462. The van der Waals surface area contributed by atoms with E-state index in [4.69, 9.17) is 4.89 Å². The summed E-state index contributed by atoms with van der Waals surface area (Å²) in [6, 6.07) is 0. The van der Waals surface area contributed by atoms with E-state index in [1.165, 1.54) is 0 Å². The monoisotopic (exact) mass is 299 g/mol. The molecule has 4 nitrogen and oxygen atoms in total. The molecule has 0 saturated heterocycles. The second-order valence-electron chi connectivity index (χ2n) is 1.65. The van der Waals surface area contributed by atoms with Crippen molar-refractivity contribution in [1.29, 1.82) is 0 Å². The lowest BCUT2D eigenvalue weighted by Crippen LogP contribution is -2.03. The first-order chi connectivity index (χ1) is 4.21. The van der Waals surface area contributed by atoms with Gasteiger partial charge in [0, 0.05) is 28.3 Å². The van der Waals surface area contributed by atoms with E-state index < -0.39 is 21.6 Å². The summed E-state index contributed by atoms with van der Waals surface area (Å²) in [5, 5.41) is -3.80. The average Bonchev–Trinajstić information content (AvgIpc) is 1.57. The first-order valence-corrected chi connectivity index (χ1v) is 8.52. The highest BCUT2D eigenvalue weighted by atomic mass is 127. The van der Waals surface area contributed by atoms with Crippen molar-refractivity contribution in [2.75, 3.05) is 6.26 Å². The molecule has 0 saturated carbocycles. The van der Waals surface area contributed by atoms with Gasteiger partial charge in [0.1, 0.15) is 9.69 Å². The van der Waals surface area contributed by atoms with Gasteiger partial charge in [-0.2, -0.15) is 4.20 Å². The average molecular weight is 299 g/mol. The summed E-state index contributed by atoms with van der Waals surface area (Å²) >= 11 is 1.09. The Bertz CT molecular complexity index is 249. The number of hydrogen-bond acceptors (Lipinski definition) is 3. The molecular weight excluding hydrogens is 294 g/mol. The zero-order chi connectivity index (χ0) is 8.41. The third-order valence-corrected chi connectivity index (χ3v) is 2.65. The Morgan fingerprint density at radius 1 is 1.80 bits per heavy atom. The molecule has 1 atom stereocenters. The molecule has 1 N–H and O–H groups in total. The van der Waals surface area contributed by atoms with Crippen LogP contribution in [0.4, 0.5) is 4.20 Å². The third kappa shape index (κ3) is 8.86. The maximum Gasteiger partial charge on any atom is 0.407 e. The molecule has 0 aromatic carbocycles. The highest BCUT2D eigenvalue weighted by Gasteiger charge is 2.11. The SMILES string of the molecule is CS(=O)(=O)BN=P(O)(F)I. The molecule has 0 radical (unpaired) electrons. The van der Waals surface area contributed by atoms with E-state index in [1.807, 2.05) is 0 Å². The molecule has 0 amide bonds. The van der Waals surface area contributed by atoms with Crippen LogP contribution >= 0.6 is 27.3 Å².